The molecule has 3 heterocycles. The molecule has 1 aliphatic rings. The number of anilines is 1. The first-order chi connectivity index (χ1) is 15.2. The van der Waals surface area contributed by atoms with Crippen LogP contribution in [0.1, 0.15) is 30.1 Å². The van der Waals surface area contributed by atoms with E-state index in [9.17, 15) is 4.79 Å². The van der Waals surface area contributed by atoms with E-state index in [1.54, 1.807) is 4.90 Å². The summed E-state index contributed by atoms with van der Waals surface area (Å²) in [5, 5.41) is 8.68. The Kier molecular flexibility index (Phi) is 6.24. The number of rotatable bonds is 5. The van der Waals surface area contributed by atoms with Crippen molar-refractivity contribution in [3.63, 3.8) is 0 Å². The zero-order valence-corrected chi connectivity index (χ0v) is 17.3. The second-order valence-corrected chi connectivity index (χ2v) is 7.43. The SMILES string of the molecule is C=CC(=O)N1CCC[C@@H](n2nc(C#CCNCc3ccccc3)c3c(N)ncnc32)C1. The maximum Gasteiger partial charge on any atom is 0.246 e. The smallest absolute Gasteiger partial charge is 0.246 e. The lowest BCUT2D eigenvalue weighted by Gasteiger charge is -2.32. The molecule has 0 bridgehead atoms. The number of nitrogens with zero attached hydrogens (tertiary/aromatic N) is 5. The second kappa shape index (κ2) is 9.41. The van der Waals surface area contributed by atoms with Gasteiger partial charge in [-0.15, -0.1) is 0 Å². The van der Waals surface area contributed by atoms with Crippen molar-refractivity contribution in [3.8, 4) is 11.8 Å². The van der Waals surface area contributed by atoms with Crippen LogP contribution in [0.3, 0.4) is 0 Å². The minimum atomic E-state index is -0.0696. The van der Waals surface area contributed by atoms with Gasteiger partial charge < -0.3 is 16.0 Å². The van der Waals surface area contributed by atoms with Gasteiger partial charge in [-0.25, -0.2) is 14.6 Å². The minimum absolute atomic E-state index is 0.00112. The monoisotopic (exact) mass is 415 g/mol. The van der Waals surface area contributed by atoms with Gasteiger partial charge in [0.15, 0.2) is 5.65 Å². The van der Waals surface area contributed by atoms with E-state index in [-0.39, 0.29) is 11.9 Å². The highest BCUT2D eigenvalue weighted by molar-refractivity contribution is 5.90. The van der Waals surface area contributed by atoms with E-state index >= 15 is 0 Å². The first-order valence-corrected chi connectivity index (χ1v) is 10.3. The van der Waals surface area contributed by atoms with Crippen LogP contribution in [-0.4, -0.2) is 50.2 Å². The lowest BCUT2D eigenvalue weighted by Crippen LogP contribution is -2.40. The number of amides is 1. The number of nitrogen functional groups attached to an aromatic ring is 1. The summed E-state index contributed by atoms with van der Waals surface area (Å²) >= 11 is 0. The van der Waals surface area contributed by atoms with E-state index in [0.29, 0.717) is 35.6 Å². The number of fused-ring (bicyclic) bond motifs is 1. The van der Waals surface area contributed by atoms with Crippen molar-refractivity contribution in [1.29, 1.82) is 0 Å². The summed E-state index contributed by atoms with van der Waals surface area (Å²) in [6.07, 6.45) is 4.57. The largest absolute Gasteiger partial charge is 0.383 e. The summed E-state index contributed by atoms with van der Waals surface area (Å²) < 4.78 is 1.84. The third-order valence-corrected chi connectivity index (χ3v) is 5.34. The molecule has 0 unspecified atom stereocenters. The van der Waals surface area contributed by atoms with Crippen LogP contribution in [-0.2, 0) is 11.3 Å². The van der Waals surface area contributed by atoms with Gasteiger partial charge in [0, 0.05) is 19.6 Å². The topological polar surface area (TPSA) is 102 Å². The number of piperidine rings is 1. The predicted molar refractivity (Wildman–Crippen MR) is 120 cm³/mol. The van der Waals surface area contributed by atoms with Crippen molar-refractivity contribution in [2.24, 2.45) is 0 Å². The fraction of sp³-hybridized carbons (Fsp3) is 0.304. The van der Waals surface area contributed by atoms with Gasteiger partial charge in [-0.3, -0.25) is 4.79 Å². The van der Waals surface area contributed by atoms with E-state index in [0.717, 1.165) is 25.9 Å². The average Bonchev–Trinajstić information content (AvgIpc) is 3.19. The van der Waals surface area contributed by atoms with Crippen LogP contribution < -0.4 is 11.1 Å². The van der Waals surface area contributed by atoms with Crippen molar-refractivity contribution in [2.75, 3.05) is 25.4 Å². The molecule has 2 aromatic heterocycles. The minimum Gasteiger partial charge on any atom is -0.383 e. The summed E-state index contributed by atoms with van der Waals surface area (Å²) in [4.78, 5) is 22.4. The number of carbonyl (C=O) groups is 1. The lowest BCUT2D eigenvalue weighted by molar-refractivity contribution is -0.127. The number of hydrogen-bond donors (Lipinski definition) is 2. The highest BCUT2D eigenvalue weighted by Crippen LogP contribution is 2.28. The third-order valence-electron chi connectivity index (χ3n) is 5.34. The van der Waals surface area contributed by atoms with Gasteiger partial charge in [-0.1, -0.05) is 42.8 Å². The molecule has 3 N–H and O–H groups in total. The normalized spacial score (nSPS) is 16.0. The van der Waals surface area contributed by atoms with Crippen LogP contribution in [0.5, 0.6) is 0 Å². The lowest BCUT2D eigenvalue weighted by atomic mass is 10.1. The Morgan fingerprint density at radius 1 is 1.32 bits per heavy atom. The molecule has 1 amide bonds. The summed E-state index contributed by atoms with van der Waals surface area (Å²) in [6.45, 7) is 6.12. The van der Waals surface area contributed by atoms with Gasteiger partial charge in [-0.2, -0.15) is 5.10 Å². The average molecular weight is 416 g/mol. The van der Waals surface area contributed by atoms with Crippen LogP contribution >= 0.6 is 0 Å². The van der Waals surface area contributed by atoms with Crippen molar-refractivity contribution < 1.29 is 4.79 Å². The maximum atomic E-state index is 12.1. The predicted octanol–water partition coefficient (Wildman–Crippen LogP) is 1.90. The Bertz CT molecular complexity index is 1140. The molecule has 158 valence electrons. The summed E-state index contributed by atoms with van der Waals surface area (Å²) in [5.41, 5.74) is 8.54. The Labute approximate surface area is 181 Å². The number of nitrogens with one attached hydrogen (secondary N) is 1. The highest BCUT2D eigenvalue weighted by Gasteiger charge is 2.27. The van der Waals surface area contributed by atoms with Gasteiger partial charge >= 0.3 is 0 Å². The number of aromatic nitrogens is 4. The van der Waals surface area contributed by atoms with Gasteiger partial charge in [-0.05, 0) is 30.4 Å². The van der Waals surface area contributed by atoms with Crippen LogP contribution in [0.15, 0.2) is 49.3 Å². The molecular formula is C23H25N7O. The molecule has 1 aromatic carbocycles. The summed E-state index contributed by atoms with van der Waals surface area (Å²) in [7, 11) is 0. The molecule has 8 nitrogen and oxygen atoms in total. The van der Waals surface area contributed by atoms with Crippen molar-refractivity contribution in [1.82, 2.24) is 30.0 Å². The quantitative estimate of drug-likeness (QED) is 0.375. The molecular weight excluding hydrogens is 390 g/mol. The molecule has 8 heteroatoms. The number of benzene rings is 1. The molecule has 0 saturated carbocycles. The molecule has 1 fully saturated rings. The number of nitrogens with two attached hydrogens (primary N) is 1. The van der Waals surface area contributed by atoms with Crippen LogP contribution in [0.4, 0.5) is 5.82 Å². The van der Waals surface area contributed by atoms with Crippen LogP contribution in [0, 0.1) is 11.8 Å². The molecule has 31 heavy (non-hydrogen) atoms. The van der Waals surface area contributed by atoms with Gasteiger partial charge in [0.25, 0.3) is 0 Å². The van der Waals surface area contributed by atoms with Gasteiger partial charge in [0.1, 0.15) is 17.8 Å². The zero-order chi connectivity index (χ0) is 21.6. The molecule has 1 saturated heterocycles. The number of carbonyl (C=O) groups excluding carboxylic acids is 1. The first-order valence-electron chi connectivity index (χ1n) is 10.3. The molecule has 0 spiro atoms. The fourth-order valence-corrected chi connectivity index (χ4v) is 3.81. The molecule has 0 radical (unpaired) electrons. The molecule has 1 aliphatic heterocycles. The first kappa shape index (κ1) is 20.6. The van der Waals surface area contributed by atoms with E-state index in [1.807, 2.05) is 22.9 Å². The number of likely N-dealkylation sites (tertiary alicyclic amines) is 1. The van der Waals surface area contributed by atoms with E-state index in [4.69, 9.17) is 10.8 Å². The molecule has 3 aromatic rings. The maximum absolute atomic E-state index is 12.1. The van der Waals surface area contributed by atoms with Gasteiger partial charge in [0.05, 0.1) is 18.0 Å². The van der Waals surface area contributed by atoms with E-state index < -0.39 is 0 Å². The van der Waals surface area contributed by atoms with Crippen LogP contribution in [0.25, 0.3) is 11.0 Å². The summed E-state index contributed by atoms with van der Waals surface area (Å²) in [6, 6.07) is 10.2. The van der Waals surface area contributed by atoms with Crippen molar-refractivity contribution in [2.45, 2.75) is 25.4 Å². The van der Waals surface area contributed by atoms with Crippen LogP contribution in [0.2, 0.25) is 0 Å². The Hall–Kier alpha value is -3.70. The standard InChI is InChI=1S/C23H25N7O/c1-2-20(31)29-13-7-10-18(15-29)30-23-21(22(24)26-16-27-23)19(28-30)11-6-12-25-14-17-8-4-3-5-9-17/h2-5,8-9,16,18,25H,1,7,10,12-15H2,(H2,24,26,27)/t18-/m1/s1. The molecule has 1 atom stereocenters. The van der Waals surface area contributed by atoms with E-state index in [1.165, 1.54) is 18.0 Å². The van der Waals surface area contributed by atoms with Crippen molar-refractivity contribution in [3.05, 3.63) is 60.6 Å². The Morgan fingerprint density at radius 2 is 2.16 bits per heavy atom. The highest BCUT2D eigenvalue weighted by atomic mass is 16.2. The third kappa shape index (κ3) is 4.57. The van der Waals surface area contributed by atoms with E-state index in [2.05, 4.69) is 45.8 Å². The van der Waals surface area contributed by atoms with Crippen molar-refractivity contribution >= 4 is 22.8 Å². The molecule has 0 aliphatic carbocycles. The zero-order valence-electron chi connectivity index (χ0n) is 17.3. The summed E-state index contributed by atoms with van der Waals surface area (Å²) in [5.74, 6) is 6.52. The molecule has 4 rings (SSSR count). The Balaban J connectivity index is 1.55. The fourth-order valence-electron chi connectivity index (χ4n) is 3.81. The number of hydrogen-bond acceptors (Lipinski definition) is 6. The van der Waals surface area contributed by atoms with Gasteiger partial charge in [0.2, 0.25) is 5.91 Å². The Morgan fingerprint density at radius 3 is 2.97 bits per heavy atom. The second-order valence-electron chi connectivity index (χ2n) is 7.43.